The minimum Gasteiger partial charge on any atom is -0.481 e. The second-order valence-corrected chi connectivity index (χ2v) is 6.03. The van der Waals surface area contributed by atoms with Crippen LogP contribution in [-0.2, 0) is 10.0 Å². The van der Waals surface area contributed by atoms with Crippen LogP contribution in [0, 0.1) is 0 Å². The lowest BCUT2D eigenvalue weighted by Gasteiger charge is -2.20. The first kappa shape index (κ1) is 12.3. The van der Waals surface area contributed by atoms with Gasteiger partial charge in [0.2, 0.25) is 15.9 Å². The van der Waals surface area contributed by atoms with Crippen molar-refractivity contribution in [2.75, 3.05) is 13.7 Å². The summed E-state index contributed by atoms with van der Waals surface area (Å²) in [5.41, 5.74) is 0. The summed E-state index contributed by atoms with van der Waals surface area (Å²) >= 11 is 0. The van der Waals surface area contributed by atoms with E-state index in [2.05, 4.69) is 4.98 Å². The van der Waals surface area contributed by atoms with Crippen molar-refractivity contribution in [2.24, 2.45) is 0 Å². The van der Waals surface area contributed by atoms with E-state index in [4.69, 9.17) is 4.74 Å². The molecule has 0 N–H and O–H groups in total. The summed E-state index contributed by atoms with van der Waals surface area (Å²) in [6, 6.07) is 3.17. The number of aromatic nitrogens is 1. The maximum absolute atomic E-state index is 12.3. The molecule has 5 nitrogen and oxygen atoms in total. The molecule has 6 heteroatoms. The summed E-state index contributed by atoms with van der Waals surface area (Å²) in [6.07, 6.45) is 3.19. The van der Waals surface area contributed by atoms with E-state index < -0.39 is 10.0 Å². The van der Waals surface area contributed by atoms with Gasteiger partial charge >= 0.3 is 0 Å². The zero-order valence-corrected chi connectivity index (χ0v) is 10.8. The van der Waals surface area contributed by atoms with E-state index in [9.17, 15) is 8.42 Å². The van der Waals surface area contributed by atoms with Crippen LogP contribution in [-0.4, -0.2) is 37.4 Å². The maximum atomic E-state index is 12.3. The number of nitrogens with zero attached hydrogens (tertiary/aromatic N) is 2. The lowest BCUT2D eigenvalue weighted by molar-refractivity contribution is 0.395. The molecule has 1 unspecified atom stereocenters. The average Bonchev–Trinajstić information content (AvgIpc) is 2.76. The molecule has 0 aliphatic carbocycles. The predicted octanol–water partition coefficient (Wildman–Crippen LogP) is 1.26. The SMILES string of the molecule is COc1ccc(S(=O)(=O)N2CCCC2C)cn1. The molecule has 0 saturated carbocycles. The van der Waals surface area contributed by atoms with Crippen molar-refractivity contribution >= 4 is 10.0 Å². The van der Waals surface area contributed by atoms with Crippen molar-refractivity contribution in [2.45, 2.75) is 30.7 Å². The average molecular weight is 256 g/mol. The molecule has 2 heterocycles. The Balaban J connectivity index is 2.31. The number of ether oxygens (including phenoxy) is 1. The highest BCUT2D eigenvalue weighted by Crippen LogP contribution is 2.25. The fourth-order valence-electron chi connectivity index (χ4n) is 2.04. The Bertz CT molecular complexity index is 484. The van der Waals surface area contributed by atoms with E-state index in [1.165, 1.54) is 23.7 Å². The number of pyridine rings is 1. The molecule has 2 rings (SSSR count). The third-order valence-corrected chi connectivity index (χ3v) is 5.01. The molecule has 1 aromatic rings. The van der Waals surface area contributed by atoms with Gasteiger partial charge in [0.15, 0.2) is 0 Å². The first-order valence-corrected chi connectivity index (χ1v) is 7.01. The van der Waals surface area contributed by atoms with Crippen molar-refractivity contribution < 1.29 is 13.2 Å². The summed E-state index contributed by atoms with van der Waals surface area (Å²) in [5.74, 6) is 0.415. The van der Waals surface area contributed by atoms with Crippen LogP contribution in [0.5, 0.6) is 5.88 Å². The number of methoxy groups -OCH3 is 1. The van der Waals surface area contributed by atoms with Crippen LogP contribution in [0.4, 0.5) is 0 Å². The van der Waals surface area contributed by atoms with Crippen LogP contribution in [0.2, 0.25) is 0 Å². The van der Waals surface area contributed by atoms with Crippen molar-refractivity contribution in [3.63, 3.8) is 0 Å². The van der Waals surface area contributed by atoms with Gasteiger partial charge in [-0.1, -0.05) is 0 Å². The van der Waals surface area contributed by atoms with Gasteiger partial charge in [0.25, 0.3) is 0 Å². The van der Waals surface area contributed by atoms with E-state index in [-0.39, 0.29) is 10.9 Å². The zero-order chi connectivity index (χ0) is 12.5. The van der Waals surface area contributed by atoms with Crippen LogP contribution >= 0.6 is 0 Å². The van der Waals surface area contributed by atoms with Crippen LogP contribution in [0.1, 0.15) is 19.8 Å². The molecule has 1 fully saturated rings. The molecule has 94 valence electrons. The highest BCUT2D eigenvalue weighted by molar-refractivity contribution is 7.89. The molecule has 1 aliphatic heterocycles. The molecule has 0 radical (unpaired) electrons. The van der Waals surface area contributed by atoms with Crippen LogP contribution in [0.15, 0.2) is 23.2 Å². The molecule has 1 atom stereocenters. The van der Waals surface area contributed by atoms with Crippen LogP contribution in [0.3, 0.4) is 0 Å². The Kier molecular flexibility index (Phi) is 3.35. The Hall–Kier alpha value is -1.14. The Morgan fingerprint density at radius 1 is 1.47 bits per heavy atom. The first-order valence-electron chi connectivity index (χ1n) is 5.57. The largest absolute Gasteiger partial charge is 0.481 e. The second kappa shape index (κ2) is 4.62. The Morgan fingerprint density at radius 3 is 2.71 bits per heavy atom. The summed E-state index contributed by atoms with van der Waals surface area (Å²) in [7, 11) is -1.90. The summed E-state index contributed by atoms with van der Waals surface area (Å²) in [6.45, 7) is 2.52. The van der Waals surface area contributed by atoms with Gasteiger partial charge in [-0.05, 0) is 25.8 Å². The molecule has 0 spiro atoms. The van der Waals surface area contributed by atoms with Crippen molar-refractivity contribution in [1.29, 1.82) is 0 Å². The van der Waals surface area contributed by atoms with Gasteiger partial charge < -0.3 is 4.74 Å². The molecule has 0 amide bonds. The van der Waals surface area contributed by atoms with Crippen molar-refractivity contribution in [3.05, 3.63) is 18.3 Å². The number of hydrogen-bond acceptors (Lipinski definition) is 4. The minimum absolute atomic E-state index is 0.0714. The maximum Gasteiger partial charge on any atom is 0.244 e. The lowest BCUT2D eigenvalue weighted by Crippen LogP contribution is -2.33. The highest BCUT2D eigenvalue weighted by atomic mass is 32.2. The van der Waals surface area contributed by atoms with Gasteiger partial charge in [-0.25, -0.2) is 13.4 Å². The molecule has 17 heavy (non-hydrogen) atoms. The van der Waals surface area contributed by atoms with Gasteiger partial charge in [-0.3, -0.25) is 0 Å². The van der Waals surface area contributed by atoms with Crippen molar-refractivity contribution in [1.82, 2.24) is 9.29 Å². The van der Waals surface area contributed by atoms with Gasteiger partial charge in [0, 0.05) is 18.7 Å². The normalized spacial score (nSPS) is 21.6. The van der Waals surface area contributed by atoms with E-state index in [1.807, 2.05) is 6.92 Å². The Morgan fingerprint density at radius 2 is 2.24 bits per heavy atom. The Labute approximate surface area is 101 Å². The second-order valence-electron chi connectivity index (χ2n) is 4.14. The smallest absolute Gasteiger partial charge is 0.244 e. The highest BCUT2D eigenvalue weighted by Gasteiger charge is 2.32. The fraction of sp³-hybridized carbons (Fsp3) is 0.545. The van der Waals surface area contributed by atoms with Crippen LogP contribution in [0.25, 0.3) is 0 Å². The standard InChI is InChI=1S/C11H16N2O3S/c1-9-4-3-7-13(9)17(14,15)10-5-6-11(16-2)12-8-10/h5-6,8-9H,3-4,7H2,1-2H3. The van der Waals surface area contributed by atoms with E-state index >= 15 is 0 Å². The van der Waals surface area contributed by atoms with Gasteiger partial charge in [0.1, 0.15) is 4.90 Å². The summed E-state index contributed by atoms with van der Waals surface area (Å²) in [4.78, 5) is 4.16. The third-order valence-electron chi connectivity index (χ3n) is 3.02. The molecule has 0 bridgehead atoms. The molecule has 0 aromatic carbocycles. The summed E-state index contributed by atoms with van der Waals surface area (Å²) < 4.78 is 31.0. The van der Waals surface area contributed by atoms with E-state index in [0.717, 1.165) is 12.8 Å². The molecular weight excluding hydrogens is 240 g/mol. The minimum atomic E-state index is -3.40. The molecular formula is C11H16N2O3S. The monoisotopic (exact) mass is 256 g/mol. The quantitative estimate of drug-likeness (QED) is 0.817. The van der Waals surface area contributed by atoms with Crippen LogP contribution < -0.4 is 4.74 Å². The third kappa shape index (κ3) is 2.28. The molecule has 1 saturated heterocycles. The predicted molar refractivity (Wildman–Crippen MR) is 63.4 cm³/mol. The van der Waals surface area contributed by atoms with E-state index in [0.29, 0.717) is 12.4 Å². The number of sulfonamides is 1. The molecule has 1 aliphatic rings. The number of hydrogen-bond donors (Lipinski definition) is 0. The fourth-order valence-corrected chi connectivity index (χ4v) is 3.68. The first-order chi connectivity index (χ1) is 8.05. The topological polar surface area (TPSA) is 59.5 Å². The van der Waals surface area contributed by atoms with E-state index in [1.54, 1.807) is 6.07 Å². The molecule has 1 aromatic heterocycles. The summed E-state index contributed by atoms with van der Waals surface area (Å²) in [5, 5.41) is 0. The zero-order valence-electron chi connectivity index (χ0n) is 9.96. The number of rotatable bonds is 3. The lowest BCUT2D eigenvalue weighted by atomic mass is 10.3. The van der Waals surface area contributed by atoms with Gasteiger partial charge in [-0.2, -0.15) is 4.31 Å². The van der Waals surface area contributed by atoms with Crippen molar-refractivity contribution in [3.8, 4) is 5.88 Å². The van der Waals surface area contributed by atoms with Gasteiger partial charge in [-0.15, -0.1) is 0 Å². The van der Waals surface area contributed by atoms with Gasteiger partial charge in [0.05, 0.1) is 13.3 Å².